The summed E-state index contributed by atoms with van der Waals surface area (Å²) in [5, 5.41) is 8.00. The molecule has 3 rings (SSSR count). The van der Waals surface area contributed by atoms with Crippen LogP contribution in [0.3, 0.4) is 0 Å². The summed E-state index contributed by atoms with van der Waals surface area (Å²) >= 11 is 0. The maximum absolute atomic E-state index is 13.5. The van der Waals surface area contributed by atoms with Crippen LogP contribution >= 0.6 is 0 Å². The predicted molar refractivity (Wildman–Crippen MR) is 82.7 cm³/mol. The summed E-state index contributed by atoms with van der Waals surface area (Å²) < 4.78 is 13.5. The van der Waals surface area contributed by atoms with E-state index in [2.05, 4.69) is 21.0 Å². The molecule has 0 radical (unpaired) electrons. The van der Waals surface area contributed by atoms with Gasteiger partial charge in [-0.3, -0.25) is 20.4 Å². The third-order valence-corrected chi connectivity index (χ3v) is 3.12. The Kier molecular flexibility index (Phi) is 4.28. The molecule has 0 spiro atoms. The SMILES string of the molecule is O=C(NNC(=O)c1ccccc1F)c1cnn(-c2ccccc2)n1. The fraction of sp³-hybridized carbons (Fsp3) is 0. The Bertz CT molecular complexity index is 879. The molecular formula is C16H12FN5O2. The minimum atomic E-state index is -0.767. The molecule has 120 valence electrons. The first-order chi connectivity index (χ1) is 11.6. The lowest BCUT2D eigenvalue weighted by Crippen LogP contribution is -2.42. The largest absolute Gasteiger partial charge is 0.291 e. The van der Waals surface area contributed by atoms with E-state index >= 15 is 0 Å². The second-order valence-electron chi connectivity index (χ2n) is 4.74. The molecule has 24 heavy (non-hydrogen) atoms. The van der Waals surface area contributed by atoms with Crippen molar-refractivity contribution in [3.63, 3.8) is 0 Å². The number of halogens is 1. The zero-order valence-corrected chi connectivity index (χ0v) is 12.3. The van der Waals surface area contributed by atoms with E-state index < -0.39 is 17.6 Å². The van der Waals surface area contributed by atoms with Crippen molar-refractivity contribution in [3.05, 3.63) is 77.9 Å². The standard InChI is InChI=1S/C16H12FN5O2/c17-13-9-5-4-8-12(13)15(23)19-20-16(24)14-10-18-22(21-14)11-6-2-1-3-7-11/h1-10H,(H,19,23)(H,20,24). The zero-order chi connectivity index (χ0) is 16.9. The molecule has 1 heterocycles. The van der Waals surface area contributed by atoms with Crippen LogP contribution in [0.25, 0.3) is 5.69 Å². The maximum Gasteiger partial charge on any atom is 0.291 e. The van der Waals surface area contributed by atoms with E-state index in [4.69, 9.17) is 0 Å². The average Bonchev–Trinajstić information content (AvgIpc) is 3.11. The highest BCUT2D eigenvalue weighted by Crippen LogP contribution is 2.06. The van der Waals surface area contributed by atoms with Crippen LogP contribution in [0.5, 0.6) is 0 Å². The molecule has 1 aromatic heterocycles. The van der Waals surface area contributed by atoms with Gasteiger partial charge in [-0.1, -0.05) is 30.3 Å². The van der Waals surface area contributed by atoms with Crippen LogP contribution in [0.4, 0.5) is 4.39 Å². The summed E-state index contributed by atoms with van der Waals surface area (Å²) in [4.78, 5) is 25.1. The second kappa shape index (κ2) is 6.69. The van der Waals surface area contributed by atoms with E-state index in [-0.39, 0.29) is 11.3 Å². The smallest absolute Gasteiger partial charge is 0.267 e. The molecule has 0 saturated carbocycles. The van der Waals surface area contributed by atoms with E-state index in [1.807, 2.05) is 18.2 Å². The van der Waals surface area contributed by atoms with Gasteiger partial charge in [-0.15, -0.1) is 5.10 Å². The van der Waals surface area contributed by atoms with E-state index in [1.165, 1.54) is 29.2 Å². The molecule has 0 atom stereocenters. The van der Waals surface area contributed by atoms with Gasteiger partial charge < -0.3 is 0 Å². The number of hydrazine groups is 1. The van der Waals surface area contributed by atoms with Crippen molar-refractivity contribution in [3.8, 4) is 5.69 Å². The Labute approximate surface area is 136 Å². The lowest BCUT2D eigenvalue weighted by Gasteiger charge is -2.06. The average molecular weight is 325 g/mol. The minimum Gasteiger partial charge on any atom is -0.267 e. The lowest BCUT2D eigenvalue weighted by atomic mass is 10.2. The summed E-state index contributed by atoms with van der Waals surface area (Å²) in [6.45, 7) is 0. The van der Waals surface area contributed by atoms with Crippen LogP contribution in [0.2, 0.25) is 0 Å². The van der Waals surface area contributed by atoms with Gasteiger partial charge in [-0.2, -0.15) is 9.90 Å². The van der Waals surface area contributed by atoms with E-state index in [0.29, 0.717) is 5.69 Å². The maximum atomic E-state index is 13.5. The van der Waals surface area contributed by atoms with Crippen LogP contribution < -0.4 is 10.9 Å². The van der Waals surface area contributed by atoms with E-state index in [9.17, 15) is 14.0 Å². The number of aromatic nitrogens is 3. The number of nitrogens with one attached hydrogen (secondary N) is 2. The number of nitrogens with zero attached hydrogens (tertiary/aromatic N) is 3. The van der Waals surface area contributed by atoms with Gasteiger partial charge in [-0.05, 0) is 24.3 Å². The molecule has 8 heteroatoms. The van der Waals surface area contributed by atoms with Crippen LogP contribution in [-0.4, -0.2) is 26.8 Å². The van der Waals surface area contributed by atoms with Crippen molar-refractivity contribution < 1.29 is 14.0 Å². The van der Waals surface area contributed by atoms with E-state index in [0.717, 1.165) is 6.07 Å². The van der Waals surface area contributed by atoms with Gasteiger partial charge in [0.2, 0.25) is 0 Å². The summed E-state index contributed by atoms with van der Waals surface area (Å²) in [6.07, 6.45) is 1.26. The Balaban J connectivity index is 1.65. The third-order valence-electron chi connectivity index (χ3n) is 3.12. The molecule has 2 amide bonds. The van der Waals surface area contributed by atoms with Gasteiger partial charge in [0.25, 0.3) is 11.8 Å². The molecule has 7 nitrogen and oxygen atoms in total. The van der Waals surface area contributed by atoms with Gasteiger partial charge in [0.05, 0.1) is 17.4 Å². The molecule has 0 aliphatic rings. The minimum absolute atomic E-state index is 0.00712. The fourth-order valence-corrected chi connectivity index (χ4v) is 1.94. The molecule has 0 saturated heterocycles. The van der Waals surface area contributed by atoms with Crippen LogP contribution in [0.1, 0.15) is 20.8 Å². The highest BCUT2D eigenvalue weighted by atomic mass is 19.1. The number of para-hydroxylation sites is 1. The Morgan fingerprint density at radius 2 is 1.58 bits per heavy atom. The number of benzene rings is 2. The molecule has 2 aromatic carbocycles. The van der Waals surface area contributed by atoms with Crippen molar-refractivity contribution in [2.24, 2.45) is 0 Å². The quantitative estimate of drug-likeness (QED) is 0.714. The first kappa shape index (κ1) is 15.3. The normalized spacial score (nSPS) is 10.2. The van der Waals surface area contributed by atoms with Gasteiger partial charge in [-0.25, -0.2) is 4.39 Å². The first-order valence-electron chi connectivity index (χ1n) is 6.98. The number of rotatable bonds is 3. The fourth-order valence-electron chi connectivity index (χ4n) is 1.94. The number of carbonyl (C=O) groups is 2. The van der Waals surface area contributed by atoms with Crippen molar-refractivity contribution in [1.29, 1.82) is 0 Å². The number of hydrogen-bond acceptors (Lipinski definition) is 4. The van der Waals surface area contributed by atoms with Crippen molar-refractivity contribution in [1.82, 2.24) is 25.8 Å². The highest BCUT2D eigenvalue weighted by molar-refractivity contribution is 5.98. The summed E-state index contributed by atoms with van der Waals surface area (Å²) in [7, 11) is 0. The summed E-state index contributed by atoms with van der Waals surface area (Å²) in [5.74, 6) is -2.11. The van der Waals surface area contributed by atoms with Crippen LogP contribution in [0, 0.1) is 5.82 Å². The monoisotopic (exact) mass is 325 g/mol. The van der Waals surface area contributed by atoms with Gasteiger partial charge in [0.1, 0.15) is 5.82 Å². The molecule has 0 aliphatic heterocycles. The van der Waals surface area contributed by atoms with Crippen LogP contribution in [-0.2, 0) is 0 Å². The second-order valence-corrected chi connectivity index (χ2v) is 4.74. The van der Waals surface area contributed by atoms with Crippen LogP contribution in [0.15, 0.2) is 60.8 Å². The Hall–Kier alpha value is -3.55. The molecule has 0 bridgehead atoms. The predicted octanol–water partition coefficient (Wildman–Crippen LogP) is 1.48. The molecule has 0 fully saturated rings. The molecule has 2 N–H and O–H groups in total. The lowest BCUT2D eigenvalue weighted by molar-refractivity contribution is 0.0841. The third kappa shape index (κ3) is 3.27. The number of hydrogen-bond donors (Lipinski definition) is 2. The van der Waals surface area contributed by atoms with Gasteiger partial charge >= 0.3 is 0 Å². The Morgan fingerprint density at radius 3 is 2.33 bits per heavy atom. The highest BCUT2D eigenvalue weighted by Gasteiger charge is 2.15. The molecular weight excluding hydrogens is 313 g/mol. The number of carbonyl (C=O) groups excluding carboxylic acids is 2. The summed E-state index contributed by atoms with van der Waals surface area (Å²) in [5.41, 5.74) is 4.82. The number of amides is 2. The van der Waals surface area contributed by atoms with Crippen molar-refractivity contribution in [2.75, 3.05) is 0 Å². The topological polar surface area (TPSA) is 88.9 Å². The molecule has 0 unspecified atom stereocenters. The van der Waals surface area contributed by atoms with E-state index in [1.54, 1.807) is 12.1 Å². The van der Waals surface area contributed by atoms with Gasteiger partial charge in [0.15, 0.2) is 5.69 Å². The zero-order valence-electron chi connectivity index (χ0n) is 12.3. The Morgan fingerprint density at radius 1 is 0.917 bits per heavy atom. The first-order valence-corrected chi connectivity index (χ1v) is 6.98. The summed E-state index contributed by atoms with van der Waals surface area (Å²) in [6, 6.07) is 14.5. The molecule has 0 aliphatic carbocycles. The van der Waals surface area contributed by atoms with Crippen molar-refractivity contribution >= 4 is 11.8 Å². The van der Waals surface area contributed by atoms with Gasteiger partial charge in [0, 0.05) is 0 Å². The molecule has 3 aromatic rings. The van der Waals surface area contributed by atoms with Crippen molar-refractivity contribution in [2.45, 2.75) is 0 Å².